The molecule has 1 aromatic heterocycles. The van der Waals surface area contributed by atoms with Crippen molar-refractivity contribution in [2.24, 2.45) is 5.73 Å². The van der Waals surface area contributed by atoms with Gasteiger partial charge in [-0.05, 0) is 25.5 Å². The minimum Gasteiger partial charge on any atom is -0.494 e. The molecule has 0 saturated heterocycles. The molecule has 0 aliphatic heterocycles. The zero-order valence-corrected chi connectivity index (χ0v) is 12.5. The smallest absolute Gasteiger partial charge is 0.191 e. The van der Waals surface area contributed by atoms with Gasteiger partial charge in [0.05, 0.1) is 13.2 Å². The molecule has 0 aliphatic carbocycles. The summed E-state index contributed by atoms with van der Waals surface area (Å²) in [4.78, 5) is 0. The molecule has 0 radical (unpaired) electrons. The van der Waals surface area contributed by atoms with Crippen LogP contribution in [0.3, 0.4) is 0 Å². The lowest BCUT2D eigenvalue weighted by atomic mass is 10.3. The first-order valence-corrected chi connectivity index (χ1v) is 7.76. The van der Waals surface area contributed by atoms with E-state index in [2.05, 4.69) is 21.7 Å². The molecule has 0 bridgehead atoms. The Kier molecular flexibility index (Phi) is 5.88. The fourth-order valence-electron chi connectivity index (χ4n) is 1.82. The Balaban J connectivity index is 1.72. The minimum absolute atomic E-state index is 0.429. The molecule has 0 fully saturated rings. The Morgan fingerprint density at radius 1 is 1.25 bits per heavy atom. The molecule has 0 unspecified atom stereocenters. The highest BCUT2D eigenvalue weighted by atomic mass is 32.2. The Labute approximate surface area is 123 Å². The zero-order valence-electron chi connectivity index (χ0n) is 11.7. The van der Waals surface area contributed by atoms with Gasteiger partial charge in [0.15, 0.2) is 5.16 Å². The molecule has 20 heavy (non-hydrogen) atoms. The van der Waals surface area contributed by atoms with Crippen LogP contribution in [0, 0.1) is 0 Å². The van der Waals surface area contributed by atoms with Crippen molar-refractivity contribution in [2.75, 3.05) is 12.4 Å². The molecule has 0 saturated carbocycles. The highest BCUT2D eigenvalue weighted by Gasteiger charge is 2.09. The van der Waals surface area contributed by atoms with Crippen LogP contribution in [0.2, 0.25) is 0 Å². The van der Waals surface area contributed by atoms with Crippen LogP contribution in [-0.4, -0.2) is 27.1 Å². The highest BCUT2D eigenvalue weighted by molar-refractivity contribution is 7.99. The maximum Gasteiger partial charge on any atom is 0.191 e. The van der Waals surface area contributed by atoms with Crippen LogP contribution in [-0.2, 0) is 13.1 Å². The molecule has 108 valence electrons. The minimum atomic E-state index is 0.429. The Morgan fingerprint density at radius 2 is 2.05 bits per heavy atom. The summed E-state index contributed by atoms with van der Waals surface area (Å²) in [5.41, 5.74) is 5.63. The molecule has 5 nitrogen and oxygen atoms in total. The van der Waals surface area contributed by atoms with Gasteiger partial charge in [0.1, 0.15) is 11.6 Å². The molecule has 0 aliphatic rings. The maximum absolute atomic E-state index is 5.65. The maximum atomic E-state index is 5.65. The SMILES string of the molecule is CCn1c(CN)nnc1SCCCOc1ccccc1. The van der Waals surface area contributed by atoms with Gasteiger partial charge in [0.25, 0.3) is 0 Å². The van der Waals surface area contributed by atoms with E-state index in [9.17, 15) is 0 Å². The summed E-state index contributed by atoms with van der Waals surface area (Å²) in [6, 6.07) is 9.86. The number of nitrogens with zero attached hydrogens (tertiary/aromatic N) is 3. The van der Waals surface area contributed by atoms with E-state index in [0.717, 1.165) is 35.4 Å². The summed E-state index contributed by atoms with van der Waals surface area (Å²) < 4.78 is 7.71. The van der Waals surface area contributed by atoms with Crippen LogP contribution >= 0.6 is 11.8 Å². The molecule has 0 spiro atoms. The van der Waals surface area contributed by atoms with E-state index in [1.165, 1.54) is 0 Å². The lowest BCUT2D eigenvalue weighted by Gasteiger charge is -2.07. The van der Waals surface area contributed by atoms with Crippen molar-refractivity contribution in [3.8, 4) is 5.75 Å². The number of hydrogen-bond donors (Lipinski definition) is 1. The van der Waals surface area contributed by atoms with E-state index in [4.69, 9.17) is 10.5 Å². The number of nitrogens with two attached hydrogens (primary N) is 1. The van der Waals surface area contributed by atoms with Crippen LogP contribution in [0.1, 0.15) is 19.2 Å². The van der Waals surface area contributed by atoms with Crippen LogP contribution in [0.25, 0.3) is 0 Å². The van der Waals surface area contributed by atoms with E-state index in [-0.39, 0.29) is 0 Å². The summed E-state index contributed by atoms with van der Waals surface area (Å²) in [7, 11) is 0. The van der Waals surface area contributed by atoms with Gasteiger partial charge < -0.3 is 15.0 Å². The predicted molar refractivity (Wildman–Crippen MR) is 80.9 cm³/mol. The average Bonchev–Trinajstić information content (AvgIpc) is 2.90. The fourth-order valence-corrected chi connectivity index (χ4v) is 2.76. The molecule has 1 aromatic carbocycles. The van der Waals surface area contributed by atoms with Gasteiger partial charge in [0.2, 0.25) is 0 Å². The third kappa shape index (κ3) is 3.98. The van der Waals surface area contributed by atoms with Gasteiger partial charge >= 0.3 is 0 Å². The summed E-state index contributed by atoms with van der Waals surface area (Å²) >= 11 is 1.70. The van der Waals surface area contributed by atoms with Crippen molar-refractivity contribution in [1.82, 2.24) is 14.8 Å². The topological polar surface area (TPSA) is 66.0 Å². The molecule has 1 heterocycles. The van der Waals surface area contributed by atoms with E-state index < -0.39 is 0 Å². The summed E-state index contributed by atoms with van der Waals surface area (Å²) in [5, 5.41) is 9.19. The molecule has 2 N–H and O–H groups in total. The van der Waals surface area contributed by atoms with Crippen LogP contribution < -0.4 is 10.5 Å². The highest BCUT2D eigenvalue weighted by Crippen LogP contribution is 2.18. The first kappa shape index (κ1) is 14.9. The lowest BCUT2D eigenvalue weighted by molar-refractivity contribution is 0.318. The van der Waals surface area contributed by atoms with E-state index in [0.29, 0.717) is 13.2 Å². The van der Waals surface area contributed by atoms with E-state index >= 15 is 0 Å². The number of ether oxygens (including phenoxy) is 1. The van der Waals surface area contributed by atoms with Crippen molar-refractivity contribution >= 4 is 11.8 Å². The van der Waals surface area contributed by atoms with Crippen LogP contribution in [0.4, 0.5) is 0 Å². The molecule has 2 aromatic rings. The van der Waals surface area contributed by atoms with E-state index in [1.807, 2.05) is 30.3 Å². The van der Waals surface area contributed by atoms with Gasteiger partial charge in [-0.1, -0.05) is 30.0 Å². The monoisotopic (exact) mass is 292 g/mol. The van der Waals surface area contributed by atoms with Gasteiger partial charge in [-0.25, -0.2) is 0 Å². The van der Waals surface area contributed by atoms with Crippen molar-refractivity contribution < 1.29 is 4.74 Å². The van der Waals surface area contributed by atoms with Gasteiger partial charge in [-0.15, -0.1) is 10.2 Å². The van der Waals surface area contributed by atoms with Gasteiger partial charge in [0, 0.05) is 12.3 Å². The molecular weight excluding hydrogens is 272 g/mol. The third-order valence-electron chi connectivity index (χ3n) is 2.82. The van der Waals surface area contributed by atoms with Gasteiger partial charge in [-0.2, -0.15) is 0 Å². The Bertz CT molecular complexity index is 515. The Hall–Kier alpha value is -1.53. The summed E-state index contributed by atoms with van der Waals surface area (Å²) in [5.74, 6) is 2.71. The third-order valence-corrected chi connectivity index (χ3v) is 3.88. The van der Waals surface area contributed by atoms with Crippen molar-refractivity contribution in [3.05, 3.63) is 36.2 Å². The summed E-state index contributed by atoms with van der Waals surface area (Å²) in [6.45, 7) is 4.06. The molecule has 2 rings (SSSR count). The molecule has 6 heteroatoms. The number of hydrogen-bond acceptors (Lipinski definition) is 5. The second kappa shape index (κ2) is 7.91. The largest absolute Gasteiger partial charge is 0.494 e. The second-order valence-electron chi connectivity index (χ2n) is 4.21. The van der Waals surface area contributed by atoms with Crippen LogP contribution in [0.15, 0.2) is 35.5 Å². The zero-order chi connectivity index (χ0) is 14.2. The molecular formula is C14H20N4OS. The first-order chi connectivity index (χ1) is 9.85. The first-order valence-electron chi connectivity index (χ1n) is 6.78. The number of aromatic nitrogens is 3. The normalized spacial score (nSPS) is 10.7. The standard InChI is InChI=1S/C14H20N4OS/c1-2-18-13(11-15)16-17-14(18)20-10-6-9-19-12-7-4-3-5-8-12/h3-5,7-8H,2,6,9-11,15H2,1H3. The van der Waals surface area contributed by atoms with Gasteiger partial charge in [-0.3, -0.25) is 0 Å². The van der Waals surface area contributed by atoms with E-state index in [1.54, 1.807) is 11.8 Å². The number of thioether (sulfide) groups is 1. The van der Waals surface area contributed by atoms with Crippen molar-refractivity contribution in [1.29, 1.82) is 0 Å². The predicted octanol–water partition coefficient (Wildman–Crippen LogP) is 2.32. The number of rotatable bonds is 8. The quantitative estimate of drug-likeness (QED) is 0.597. The number of para-hydroxylation sites is 1. The van der Waals surface area contributed by atoms with Crippen LogP contribution in [0.5, 0.6) is 5.75 Å². The molecule has 0 amide bonds. The Morgan fingerprint density at radius 3 is 2.75 bits per heavy atom. The fraction of sp³-hybridized carbons (Fsp3) is 0.429. The average molecular weight is 292 g/mol. The van der Waals surface area contributed by atoms with Crippen molar-refractivity contribution in [3.63, 3.8) is 0 Å². The number of benzene rings is 1. The summed E-state index contributed by atoms with van der Waals surface area (Å²) in [6.07, 6.45) is 0.966. The second-order valence-corrected chi connectivity index (χ2v) is 5.27. The lowest BCUT2D eigenvalue weighted by Crippen LogP contribution is -2.08. The van der Waals surface area contributed by atoms with Crippen molar-refractivity contribution in [2.45, 2.75) is 31.6 Å². The molecule has 0 atom stereocenters.